The zero-order valence-corrected chi connectivity index (χ0v) is 16.8. The van der Waals surface area contributed by atoms with Gasteiger partial charge in [-0.25, -0.2) is 14.4 Å². The molecule has 1 aliphatic rings. The van der Waals surface area contributed by atoms with Crippen LogP contribution in [0, 0.1) is 5.82 Å². The minimum atomic E-state index is -0.307. The summed E-state index contributed by atoms with van der Waals surface area (Å²) in [5, 5.41) is 5.03. The van der Waals surface area contributed by atoms with Gasteiger partial charge in [0.05, 0.1) is 5.69 Å². The molecule has 3 rings (SSSR count). The summed E-state index contributed by atoms with van der Waals surface area (Å²) >= 11 is 1.45. The molecule has 0 spiro atoms. The highest BCUT2D eigenvalue weighted by Crippen LogP contribution is 2.20. The first-order valence-electron chi connectivity index (χ1n) is 9.00. The number of halogens is 1. The number of hydrogen-bond acceptors (Lipinski definition) is 7. The number of hydrogen-bond donors (Lipinski definition) is 3. The van der Waals surface area contributed by atoms with E-state index in [1.807, 2.05) is 13.2 Å². The molecule has 1 aromatic carbocycles. The van der Waals surface area contributed by atoms with E-state index in [4.69, 9.17) is 5.84 Å². The van der Waals surface area contributed by atoms with E-state index in [1.165, 1.54) is 17.8 Å². The zero-order valence-electron chi connectivity index (χ0n) is 15.9. The number of benzene rings is 1. The van der Waals surface area contributed by atoms with Crippen LogP contribution in [-0.2, 0) is 0 Å². The second kappa shape index (κ2) is 11.0. The van der Waals surface area contributed by atoms with Crippen molar-refractivity contribution in [2.24, 2.45) is 10.9 Å². The van der Waals surface area contributed by atoms with Gasteiger partial charge in [0, 0.05) is 23.8 Å². The second-order valence-electron chi connectivity index (χ2n) is 6.25. The molecule has 0 bridgehead atoms. The highest BCUT2D eigenvalue weighted by Gasteiger charge is 2.21. The molecule has 4 N–H and O–H groups in total. The minimum Gasteiger partial charge on any atom is -0.306 e. The molecular weight excluding hydrogens is 363 g/mol. The summed E-state index contributed by atoms with van der Waals surface area (Å²) in [6.45, 7) is 4.13. The number of aromatic nitrogens is 2. The van der Waals surface area contributed by atoms with Gasteiger partial charge in [0.25, 0.3) is 0 Å². The fourth-order valence-electron chi connectivity index (χ4n) is 1.97. The van der Waals surface area contributed by atoms with Crippen molar-refractivity contribution in [3.63, 3.8) is 0 Å². The Morgan fingerprint density at radius 2 is 2.11 bits per heavy atom. The summed E-state index contributed by atoms with van der Waals surface area (Å²) < 4.78 is 14.1. The van der Waals surface area contributed by atoms with Gasteiger partial charge in [0.1, 0.15) is 11.5 Å². The number of hydrazine groups is 1. The first-order chi connectivity index (χ1) is 13.1. The Bertz CT molecular complexity index is 746. The number of nitrogens with one attached hydrogen (secondary N) is 2. The SMILES string of the molecule is CCC(C)NN.CSc1nccc(/C(=N\NC2CC2)c2ccccc2F)n1. The lowest BCUT2D eigenvalue weighted by Gasteiger charge is -2.09. The van der Waals surface area contributed by atoms with Crippen molar-refractivity contribution in [2.45, 2.75) is 50.4 Å². The van der Waals surface area contributed by atoms with Crippen LogP contribution in [0.1, 0.15) is 44.4 Å². The molecule has 1 atom stereocenters. The molecule has 0 radical (unpaired) electrons. The summed E-state index contributed by atoms with van der Waals surface area (Å²) in [5.74, 6) is 4.73. The van der Waals surface area contributed by atoms with Crippen LogP contribution in [-0.4, -0.2) is 34.0 Å². The summed E-state index contributed by atoms with van der Waals surface area (Å²) in [6.07, 6.45) is 6.88. The fourth-order valence-corrected chi connectivity index (χ4v) is 2.32. The van der Waals surface area contributed by atoms with Crippen LogP contribution in [0.2, 0.25) is 0 Å². The van der Waals surface area contributed by atoms with Crippen LogP contribution < -0.4 is 16.7 Å². The van der Waals surface area contributed by atoms with Crippen LogP contribution in [0.4, 0.5) is 4.39 Å². The Labute approximate surface area is 164 Å². The second-order valence-corrected chi connectivity index (χ2v) is 7.02. The Kier molecular flexibility index (Phi) is 8.63. The van der Waals surface area contributed by atoms with Crippen LogP contribution in [0.3, 0.4) is 0 Å². The normalized spacial score (nSPS) is 14.9. The van der Waals surface area contributed by atoms with E-state index in [0.29, 0.717) is 34.2 Å². The molecule has 8 heteroatoms. The average Bonchev–Trinajstić information content (AvgIpc) is 3.54. The van der Waals surface area contributed by atoms with Gasteiger partial charge in [-0.05, 0) is 50.6 Å². The molecule has 1 aliphatic carbocycles. The maximum absolute atomic E-state index is 14.1. The summed E-state index contributed by atoms with van der Waals surface area (Å²) in [6, 6.07) is 9.21. The number of hydrazone groups is 1. The van der Waals surface area contributed by atoms with E-state index >= 15 is 0 Å². The lowest BCUT2D eigenvalue weighted by Crippen LogP contribution is -2.31. The predicted molar refractivity (Wildman–Crippen MR) is 109 cm³/mol. The monoisotopic (exact) mass is 390 g/mol. The van der Waals surface area contributed by atoms with E-state index in [9.17, 15) is 4.39 Å². The van der Waals surface area contributed by atoms with Gasteiger partial charge in [-0.2, -0.15) is 5.10 Å². The first-order valence-corrected chi connectivity index (χ1v) is 10.2. The molecule has 1 saturated carbocycles. The fraction of sp³-hybridized carbons (Fsp3) is 0.421. The zero-order chi connectivity index (χ0) is 19.6. The van der Waals surface area contributed by atoms with Crippen molar-refractivity contribution in [1.82, 2.24) is 20.8 Å². The van der Waals surface area contributed by atoms with Gasteiger partial charge in [-0.3, -0.25) is 11.3 Å². The Balaban J connectivity index is 0.000000380. The molecule has 27 heavy (non-hydrogen) atoms. The number of rotatable bonds is 7. The van der Waals surface area contributed by atoms with E-state index in [2.05, 4.69) is 32.8 Å². The number of nitrogens with two attached hydrogens (primary N) is 1. The molecule has 0 aliphatic heterocycles. The van der Waals surface area contributed by atoms with Crippen LogP contribution in [0.5, 0.6) is 0 Å². The largest absolute Gasteiger partial charge is 0.306 e. The molecule has 1 heterocycles. The van der Waals surface area contributed by atoms with Gasteiger partial charge in [-0.1, -0.05) is 30.8 Å². The van der Waals surface area contributed by atoms with E-state index in [-0.39, 0.29) is 5.82 Å². The quantitative estimate of drug-likeness (QED) is 0.221. The van der Waals surface area contributed by atoms with Gasteiger partial charge in [-0.15, -0.1) is 0 Å². The van der Waals surface area contributed by atoms with Crippen molar-refractivity contribution in [1.29, 1.82) is 0 Å². The highest BCUT2D eigenvalue weighted by molar-refractivity contribution is 7.98. The standard InChI is InChI=1S/C15H15FN4S.C4H12N2/c1-21-15-17-9-8-13(18-15)14(20-19-10-6-7-10)11-4-2-3-5-12(11)16;1-3-4(2)6-5/h2-5,8-10,19H,6-7H2,1H3;4,6H,3,5H2,1-2H3/b20-14-;. The first kappa shape index (κ1) is 21.3. The Hall–Kier alpha value is -2.03. The topological polar surface area (TPSA) is 88.2 Å². The van der Waals surface area contributed by atoms with Gasteiger partial charge >= 0.3 is 0 Å². The minimum absolute atomic E-state index is 0.307. The van der Waals surface area contributed by atoms with Crippen molar-refractivity contribution in [3.8, 4) is 0 Å². The third kappa shape index (κ3) is 6.89. The van der Waals surface area contributed by atoms with Crippen molar-refractivity contribution in [3.05, 3.63) is 53.6 Å². The molecule has 146 valence electrons. The third-order valence-electron chi connectivity index (χ3n) is 4.02. The van der Waals surface area contributed by atoms with Crippen molar-refractivity contribution >= 4 is 17.5 Å². The molecule has 0 saturated heterocycles. The molecule has 1 unspecified atom stereocenters. The van der Waals surface area contributed by atoms with E-state index < -0.39 is 0 Å². The van der Waals surface area contributed by atoms with E-state index in [1.54, 1.807) is 30.5 Å². The Morgan fingerprint density at radius 3 is 2.67 bits per heavy atom. The smallest absolute Gasteiger partial charge is 0.187 e. The number of thioether (sulfide) groups is 1. The molecule has 2 aromatic rings. The van der Waals surface area contributed by atoms with E-state index in [0.717, 1.165) is 19.3 Å². The van der Waals surface area contributed by atoms with Crippen molar-refractivity contribution in [2.75, 3.05) is 6.26 Å². The molecule has 6 nitrogen and oxygen atoms in total. The van der Waals surface area contributed by atoms with Gasteiger partial charge < -0.3 is 5.43 Å². The summed E-state index contributed by atoms with van der Waals surface area (Å²) in [5.41, 5.74) is 7.26. The van der Waals surface area contributed by atoms with Crippen LogP contribution in [0.25, 0.3) is 0 Å². The molecule has 0 amide bonds. The van der Waals surface area contributed by atoms with Gasteiger partial charge in [0.2, 0.25) is 0 Å². The Morgan fingerprint density at radius 1 is 1.37 bits per heavy atom. The van der Waals surface area contributed by atoms with Crippen molar-refractivity contribution < 1.29 is 4.39 Å². The van der Waals surface area contributed by atoms with Gasteiger partial charge in [0.15, 0.2) is 5.16 Å². The van der Waals surface area contributed by atoms with Crippen LogP contribution >= 0.6 is 11.8 Å². The predicted octanol–water partition coefficient (Wildman–Crippen LogP) is 3.09. The molecule has 1 fully saturated rings. The molecule has 1 aromatic heterocycles. The lowest BCUT2D eigenvalue weighted by atomic mass is 10.1. The summed E-state index contributed by atoms with van der Waals surface area (Å²) in [4.78, 5) is 8.57. The number of nitrogens with zero attached hydrogens (tertiary/aromatic N) is 3. The summed E-state index contributed by atoms with van der Waals surface area (Å²) in [7, 11) is 0. The molecular formula is C19H27FN6S. The maximum Gasteiger partial charge on any atom is 0.187 e. The average molecular weight is 391 g/mol. The maximum atomic E-state index is 14.1. The van der Waals surface area contributed by atoms with Crippen LogP contribution in [0.15, 0.2) is 46.8 Å². The lowest BCUT2D eigenvalue weighted by molar-refractivity contribution is 0.555. The third-order valence-corrected chi connectivity index (χ3v) is 4.58. The highest BCUT2D eigenvalue weighted by atomic mass is 32.2.